The van der Waals surface area contributed by atoms with Gasteiger partial charge in [-0.3, -0.25) is 4.99 Å². The molecule has 1 unspecified atom stereocenters. The molecule has 0 amide bonds. The third-order valence-corrected chi connectivity index (χ3v) is 8.17. The molecule has 2 rings (SSSR count). The lowest BCUT2D eigenvalue weighted by molar-refractivity contribution is 0.0778. The lowest BCUT2D eigenvalue weighted by Crippen LogP contribution is -2.44. The van der Waals surface area contributed by atoms with Crippen LogP contribution in [-0.2, 0) is 14.6 Å². The maximum atomic E-state index is 12.2. The van der Waals surface area contributed by atoms with E-state index in [0.717, 1.165) is 37.2 Å². The van der Waals surface area contributed by atoms with Gasteiger partial charge >= 0.3 is 0 Å². The van der Waals surface area contributed by atoms with Crippen molar-refractivity contribution in [3.8, 4) is 0 Å². The van der Waals surface area contributed by atoms with Crippen LogP contribution in [0, 0.1) is 5.41 Å². The second kappa shape index (κ2) is 12.3. The van der Waals surface area contributed by atoms with Crippen molar-refractivity contribution >= 4 is 51.1 Å². The molecule has 0 radical (unpaired) electrons. The zero-order chi connectivity index (χ0) is 19.8. The fourth-order valence-corrected chi connectivity index (χ4v) is 5.60. The van der Waals surface area contributed by atoms with Crippen molar-refractivity contribution in [1.82, 2.24) is 10.6 Å². The highest BCUT2D eigenvalue weighted by molar-refractivity contribution is 14.0. The molecule has 1 saturated carbocycles. The van der Waals surface area contributed by atoms with Crippen molar-refractivity contribution in [2.24, 2.45) is 10.4 Å². The summed E-state index contributed by atoms with van der Waals surface area (Å²) >= 11 is 1.16. The van der Waals surface area contributed by atoms with E-state index in [1.54, 1.807) is 24.6 Å². The number of aliphatic hydroxyl groups is 1. The largest absolute Gasteiger partial charge is 0.390 e. The molecule has 0 aliphatic heterocycles. The highest BCUT2D eigenvalue weighted by atomic mass is 127. The molecule has 3 N–H and O–H groups in total. The van der Waals surface area contributed by atoms with Gasteiger partial charge in [0.05, 0.1) is 11.9 Å². The summed E-state index contributed by atoms with van der Waals surface area (Å²) in [6, 6.07) is 3.25. The Morgan fingerprint density at radius 1 is 1.43 bits per heavy atom. The second-order valence-electron chi connectivity index (χ2n) is 7.04. The van der Waals surface area contributed by atoms with Gasteiger partial charge in [0, 0.05) is 33.4 Å². The van der Waals surface area contributed by atoms with Crippen molar-refractivity contribution in [3.05, 3.63) is 17.5 Å². The van der Waals surface area contributed by atoms with Crippen LogP contribution in [-0.4, -0.2) is 64.7 Å². The first-order chi connectivity index (χ1) is 12.9. The van der Waals surface area contributed by atoms with E-state index in [2.05, 4.69) is 15.6 Å². The number of sulfone groups is 1. The first-order valence-corrected chi connectivity index (χ1v) is 11.9. The molecular weight excluding hydrogens is 513 g/mol. The van der Waals surface area contributed by atoms with Crippen LogP contribution in [0.25, 0.3) is 0 Å². The predicted octanol–water partition coefficient (Wildman–Crippen LogP) is 2.26. The fraction of sp³-hybridized carbons (Fsp3) is 0.722. The highest BCUT2D eigenvalue weighted by Gasteiger charge is 2.36. The summed E-state index contributed by atoms with van der Waals surface area (Å²) in [7, 11) is -1.75. The Kier molecular flexibility index (Phi) is 11.3. The van der Waals surface area contributed by atoms with Crippen LogP contribution in [0.2, 0.25) is 0 Å². The van der Waals surface area contributed by atoms with Crippen LogP contribution in [0.15, 0.2) is 26.7 Å². The van der Waals surface area contributed by atoms with Crippen LogP contribution >= 0.6 is 35.3 Å². The van der Waals surface area contributed by atoms with Gasteiger partial charge in [0.25, 0.3) is 0 Å². The van der Waals surface area contributed by atoms with Gasteiger partial charge in [0.15, 0.2) is 15.8 Å². The standard InChI is InChI=1S/C18H31N3O4S2.HI/c1-3-19-17(21-14-18(7-5-8-18)9-10-25-2)20-12-15(22)13-27(23,24)16-6-4-11-26-16;/h4,6,11,15,22H,3,5,7-10,12-14H2,1-2H3,(H2,19,20,21);1H. The predicted molar refractivity (Wildman–Crippen MR) is 125 cm³/mol. The number of aliphatic imine (C=N–C) groups is 1. The minimum Gasteiger partial charge on any atom is -0.390 e. The van der Waals surface area contributed by atoms with Gasteiger partial charge in [-0.25, -0.2) is 8.42 Å². The topological polar surface area (TPSA) is 100 Å². The lowest BCUT2D eigenvalue weighted by atomic mass is 9.67. The Bertz CT molecular complexity index is 692. The van der Waals surface area contributed by atoms with E-state index in [-0.39, 0.29) is 45.9 Å². The third-order valence-electron chi connectivity index (χ3n) is 4.89. The summed E-state index contributed by atoms with van der Waals surface area (Å²) in [6.45, 7) is 4.23. The number of guanidine groups is 1. The second-order valence-corrected chi connectivity index (χ2v) is 10.2. The van der Waals surface area contributed by atoms with Gasteiger partial charge in [0.2, 0.25) is 0 Å². The molecule has 162 valence electrons. The molecule has 0 spiro atoms. The maximum absolute atomic E-state index is 12.2. The normalized spacial score (nSPS) is 17.3. The van der Waals surface area contributed by atoms with Gasteiger partial charge in [-0.15, -0.1) is 35.3 Å². The smallest absolute Gasteiger partial charge is 0.191 e. The third kappa shape index (κ3) is 7.77. The van der Waals surface area contributed by atoms with Crippen molar-refractivity contribution in [2.45, 2.75) is 42.9 Å². The molecular formula is C18H32IN3O4S2. The minimum absolute atomic E-state index is 0. The molecule has 1 aliphatic rings. The Morgan fingerprint density at radius 3 is 2.71 bits per heavy atom. The average molecular weight is 546 g/mol. The zero-order valence-electron chi connectivity index (χ0n) is 16.5. The summed E-state index contributed by atoms with van der Waals surface area (Å²) in [5.74, 6) is 0.297. The van der Waals surface area contributed by atoms with E-state index in [1.165, 1.54) is 6.42 Å². The van der Waals surface area contributed by atoms with E-state index in [4.69, 9.17) is 4.74 Å². The van der Waals surface area contributed by atoms with Gasteiger partial charge in [0.1, 0.15) is 4.21 Å². The molecule has 0 aromatic carbocycles. The van der Waals surface area contributed by atoms with Gasteiger partial charge < -0.3 is 20.5 Å². The zero-order valence-corrected chi connectivity index (χ0v) is 20.5. The number of nitrogens with one attached hydrogen (secondary N) is 2. The van der Waals surface area contributed by atoms with Crippen molar-refractivity contribution in [1.29, 1.82) is 0 Å². The highest BCUT2D eigenvalue weighted by Crippen LogP contribution is 2.44. The van der Waals surface area contributed by atoms with E-state index >= 15 is 0 Å². The number of ether oxygens (including phenoxy) is 1. The lowest BCUT2D eigenvalue weighted by Gasteiger charge is -2.40. The number of hydrogen-bond donors (Lipinski definition) is 3. The quantitative estimate of drug-likeness (QED) is 0.224. The van der Waals surface area contributed by atoms with Crippen molar-refractivity contribution < 1.29 is 18.3 Å². The van der Waals surface area contributed by atoms with Crippen molar-refractivity contribution in [2.75, 3.05) is 39.1 Å². The van der Waals surface area contributed by atoms with Crippen LogP contribution < -0.4 is 10.6 Å². The Labute approximate surface area is 189 Å². The van der Waals surface area contributed by atoms with E-state index in [9.17, 15) is 13.5 Å². The number of methoxy groups -OCH3 is 1. The summed E-state index contributed by atoms with van der Waals surface area (Å²) in [6.07, 6.45) is 3.52. The molecule has 1 aromatic rings. The number of hydrogen-bond acceptors (Lipinski definition) is 6. The Balaban J connectivity index is 0.00000392. The number of halogens is 1. The van der Waals surface area contributed by atoms with Gasteiger partial charge in [-0.05, 0) is 43.0 Å². The summed E-state index contributed by atoms with van der Waals surface area (Å²) in [5, 5.41) is 18.1. The first kappa shape index (κ1) is 25.6. The van der Waals surface area contributed by atoms with Crippen LogP contribution in [0.5, 0.6) is 0 Å². The fourth-order valence-electron chi connectivity index (χ4n) is 3.12. The summed E-state index contributed by atoms with van der Waals surface area (Å²) in [4.78, 5) is 4.66. The monoisotopic (exact) mass is 545 g/mol. The van der Waals surface area contributed by atoms with Crippen molar-refractivity contribution in [3.63, 3.8) is 0 Å². The molecule has 1 aliphatic carbocycles. The molecule has 1 heterocycles. The molecule has 1 aromatic heterocycles. The SMILES string of the molecule is CCNC(=NCC1(CCOC)CCC1)NCC(O)CS(=O)(=O)c1cccs1.I. The maximum Gasteiger partial charge on any atom is 0.191 e. The Hall–Kier alpha value is -0.430. The van der Waals surface area contributed by atoms with E-state index in [0.29, 0.717) is 19.0 Å². The minimum atomic E-state index is -3.46. The number of nitrogens with zero attached hydrogens (tertiary/aromatic N) is 1. The average Bonchev–Trinajstić information content (AvgIpc) is 3.13. The van der Waals surface area contributed by atoms with E-state index in [1.807, 2.05) is 6.92 Å². The molecule has 1 atom stereocenters. The molecule has 0 bridgehead atoms. The number of rotatable bonds is 11. The van der Waals surface area contributed by atoms with E-state index < -0.39 is 15.9 Å². The first-order valence-electron chi connectivity index (χ1n) is 9.36. The summed E-state index contributed by atoms with van der Waals surface area (Å²) < 4.78 is 30.0. The number of thiophene rings is 1. The molecule has 1 fully saturated rings. The molecule has 10 heteroatoms. The Morgan fingerprint density at radius 2 is 2.18 bits per heavy atom. The van der Waals surface area contributed by atoms with Crippen LogP contribution in [0.1, 0.15) is 32.6 Å². The van der Waals surface area contributed by atoms with Crippen LogP contribution in [0.4, 0.5) is 0 Å². The number of aliphatic hydroxyl groups excluding tert-OH is 1. The molecule has 7 nitrogen and oxygen atoms in total. The molecule has 28 heavy (non-hydrogen) atoms. The summed E-state index contributed by atoms with van der Waals surface area (Å²) in [5.41, 5.74) is 0.208. The molecule has 0 saturated heterocycles. The van der Waals surface area contributed by atoms with Gasteiger partial charge in [-0.1, -0.05) is 12.5 Å². The van der Waals surface area contributed by atoms with Crippen LogP contribution in [0.3, 0.4) is 0 Å². The van der Waals surface area contributed by atoms with Gasteiger partial charge in [-0.2, -0.15) is 0 Å².